The van der Waals surface area contributed by atoms with Gasteiger partial charge in [-0.1, -0.05) is 38.1 Å². The molecule has 0 spiro atoms. The highest BCUT2D eigenvalue weighted by Crippen LogP contribution is 2.26. The average Bonchev–Trinajstić information content (AvgIpc) is 3.39. The van der Waals surface area contributed by atoms with Crippen molar-refractivity contribution in [2.45, 2.75) is 50.6 Å². The van der Waals surface area contributed by atoms with E-state index in [9.17, 15) is 18.0 Å². The first-order valence-electron chi connectivity index (χ1n) is 12.3. The summed E-state index contributed by atoms with van der Waals surface area (Å²) in [6.07, 6.45) is 2.64. The molecule has 0 aliphatic carbocycles. The fourth-order valence-electron chi connectivity index (χ4n) is 4.94. The van der Waals surface area contributed by atoms with Crippen molar-refractivity contribution in [2.24, 2.45) is 0 Å². The second-order valence-corrected chi connectivity index (χ2v) is 11.0. The van der Waals surface area contributed by atoms with E-state index in [0.29, 0.717) is 31.7 Å². The Morgan fingerprint density at radius 1 is 0.971 bits per heavy atom. The van der Waals surface area contributed by atoms with Gasteiger partial charge in [-0.05, 0) is 54.7 Å². The summed E-state index contributed by atoms with van der Waals surface area (Å²) in [5.74, 6) is -0.140. The van der Waals surface area contributed by atoms with E-state index in [0.717, 1.165) is 37.1 Å². The van der Waals surface area contributed by atoms with Crippen LogP contribution in [0.1, 0.15) is 37.8 Å². The fourth-order valence-corrected chi connectivity index (χ4v) is 6.40. The quantitative estimate of drug-likeness (QED) is 0.605. The van der Waals surface area contributed by atoms with Crippen LogP contribution in [0.2, 0.25) is 0 Å². The van der Waals surface area contributed by atoms with Crippen molar-refractivity contribution in [1.29, 1.82) is 0 Å². The van der Waals surface area contributed by atoms with Crippen molar-refractivity contribution in [1.82, 2.24) is 14.1 Å². The molecule has 1 N–H and O–H groups in total. The Hall–Kier alpha value is -2.75. The molecule has 2 heterocycles. The second kappa shape index (κ2) is 10.9. The lowest BCUT2D eigenvalue weighted by Gasteiger charge is -2.37. The highest BCUT2D eigenvalue weighted by atomic mass is 32.2. The van der Waals surface area contributed by atoms with Crippen LogP contribution in [0.4, 0.5) is 5.69 Å². The molecule has 0 bridgehead atoms. The van der Waals surface area contributed by atoms with Crippen LogP contribution in [0, 0.1) is 0 Å². The van der Waals surface area contributed by atoms with Gasteiger partial charge in [0.2, 0.25) is 21.8 Å². The summed E-state index contributed by atoms with van der Waals surface area (Å²) in [7, 11) is -3.55. The van der Waals surface area contributed by atoms with Crippen molar-refractivity contribution >= 4 is 27.5 Å². The van der Waals surface area contributed by atoms with E-state index in [1.165, 1.54) is 16.4 Å². The van der Waals surface area contributed by atoms with Gasteiger partial charge in [-0.15, -0.1) is 0 Å². The molecule has 8 nitrogen and oxygen atoms in total. The maximum absolute atomic E-state index is 13.3. The number of hydrogen-bond acceptors (Lipinski definition) is 5. The van der Waals surface area contributed by atoms with Crippen LogP contribution in [0.3, 0.4) is 0 Å². The normalized spacial score (nSPS) is 18.5. The van der Waals surface area contributed by atoms with E-state index in [-0.39, 0.29) is 29.3 Å². The zero-order valence-electron chi connectivity index (χ0n) is 20.4. The van der Waals surface area contributed by atoms with E-state index in [1.807, 2.05) is 28.0 Å². The molecule has 1 atom stereocenters. The maximum Gasteiger partial charge on any atom is 0.243 e. The molecule has 1 fully saturated rings. The summed E-state index contributed by atoms with van der Waals surface area (Å²) in [6.45, 7) is 6.57. The molecule has 2 amide bonds. The Morgan fingerprint density at radius 3 is 2.23 bits per heavy atom. The molecular formula is C26H34N4O4S. The largest absolute Gasteiger partial charge is 0.341 e. The predicted octanol–water partition coefficient (Wildman–Crippen LogP) is 2.70. The Labute approximate surface area is 207 Å². The van der Waals surface area contributed by atoms with E-state index in [2.05, 4.69) is 11.4 Å². The number of carbonyl (C=O) groups excluding carboxylic acids is 2. The van der Waals surface area contributed by atoms with Gasteiger partial charge in [0, 0.05) is 38.4 Å². The van der Waals surface area contributed by atoms with Crippen LogP contribution >= 0.6 is 0 Å². The molecule has 0 unspecified atom stereocenters. The molecule has 0 saturated carbocycles. The first-order valence-corrected chi connectivity index (χ1v) is 13.8. The molecule has 35 heavy (non-hydrogen) atoms. The van der Waals surface area contributed by atoms with Crippen LogP contribution < -0.4 is 5.32 Å². The molecule has 0 aromatic heterocycles. The Morgan fingerprint density at radius 2 is 1.60 bits per heavy atom. The van der Waals surface area contributed by atoms with Crippen molar-refractivity contribution in [3.63, 3.8) is 0 Å². The molecular weight excluding hydrogens is 464 g/mol. The first kappa shape index (κ1) is 25.3. The molecule has 188 valence electrons. The number of amides is 2. The molecule has 9 heteroatoms. The number of hydrogen-bond donors (Lipinski definition) is 1. The molecule has 2 aromatic carbocycles. The second-order valence-electron chi connectivity index (χ2n) is 9.09. The topological polar surface area (TPSA) is 90.0 Å². The molecule has 2 aliphatic heterocycles. The van der Waals surface area contributed by atoms with Gasteiger partial charge in [0.1, 0.15) is 0 Å². The summed E-state index contributed by atoms with van der Waals surface area (Å²) >= 11 is 0. The Balaban J connectivity index is 1.46. The standard InChI is InChI=1S/C26H34N4O4S/c1-3-30(4-2)35(33,34)23-13-11-22(12-14-23)27-25(31)19-29-18-21-10-6-5-9-20(21)17-24(29)26(32)28-15-7-8-16-28/h5-6,9-14,24H,3-4,7-8,15-19H2,1-2H3,(H,27,31)/t24-/m1/s1. The SMILES string of the molecule is CCN(CC)S(=O)(=O)c1ccc(NC(=O)CN2Cc3ccccc3C[C@@H]2C(=O)N2CCCC2)cc1. The predicted molar refractivity (Wildman–Crippen MR) is 135 cm³/mol. The summed E-state index contributed by atoms with van der Waals surface area (Å²) in [4.78, 5) is 30.3. The van der Waals surface area contributed by atoms with Gasteiger partial charge in [-0.2, -0.15) is 4.31 Å². The lowest BCUT2D eigenvalue weighted by atomic mass is 9.93. The number of likely N-dealkylation sites (tertiary alicyclic amines) is 1. The number of sulfonamides is 1. The minimum Gasteiger partial charge on any atom is -0.341 e. The molecule has 1 saturated heterocycles. The monoisotopic (exact) mass is 498 g/mol. The smallest absolute Gasteiger partial charge is 0.243 e. The van der Waals surface area contributed by atoms with Crippen molar-refractivity contribution < 1.29 is 18.0 Å². The Kier molecular flexibility index (Phi) is 7.88. The third-order valence-corrected chi connectivity index (χ3v) is 8.94. The van der Waals surface area contributed by atoms with Crippen LogP contribution in [-0.4, -0.2) is 73.1 Å². The van der Waals surface area contributed by atoms with E-state index >= 15 is 0 Å². The highest BCUT2D eigenvalue weighted by Gasteiger charge is 2.35. The zero-order chi connectivity index (χ0) is 25.0. The fraction of sp³-hybridized carbons (Fsp3) is 0.462. The first-order chi connectivity index (χ1) is 16.8. The van der Waals surface area contributed by atoms with Gasteiger partial charge in [-0.3, -0.25) is 14.5 Å². The average molecular weight is 499 g/mol. The summed E-state index contributed by atoms with van der Waals surface area (Å²) in [5.41, 5.74) is 2.82. The van der Waals surface area contributed by atoms with Crippen LogP contribution in [-0.2, 0) is 32.6 Å². The van der Waals surface area contributed by atoms with E-state index in [1.54, 1.807) is 26.0 Å². The molecule has 2 aliphatic rings. The van der Waals surface area contributed by atoms with Crippen LogP contribution in [0.5, 0.6) is 0 Å². The van der Waals surface area contributed by atoms with Crippen LogP contribution in [0.25, 0.3) is 0 Å². The minimum absolute atomic E-state index is 0.0814. The lowest BCUT2D eigenvalue weighted by Crippen LogP contribution is -2.52. The Bertz CT molecular complexity index is 1160. The number of rotatable bonds is 8. The maximum atomic E-state index is 13.3. The van der Waals surface area contributed by atoms with Crippen LogP contribution in [0.15, 0.2) is 53.4 Å². The van der Waals surface area contributed by atoms with Gasteiger partial charge in [-0.25, -0.2) is 8.42 Å². The summed E-state index contributed by atoms with van der Waals surface area (Å²) < 4.78 is 26.8. The number of benzene rings is 2. The van der Waals surface area contributed by atoms with E-state index < -0.39 is 10.0 Å². The third kappa shape index (κ3) is 5.58. The lowest BCUT2D eigenvalue weighted by molar-refractivity contribution is -0.137. The number of carbonyl (C=O) groups is 2. The number of anilines is 1. The van der Waals surface area contributed by atoms with Crippen molar-refractivity contribution in [3.05, 3.63) is 59.7 Å². The van der Waals surface area contributed by atoms with Crippen molar-refractivity contribution in [3.8, 4) is 0 Å². The minimum atomic E-state index is -3.55. The van der Waals surface area contributed by atoms with Gasteiger partial charge < -0.3 is 10.2 Å². The van der Waals surface area contributed by atoms with Crippen molar-refractivity contribution in [2.75, 3.05) is 38.0 Å². The zero-order valence-corrected chi connectivity index (χ0v) is 21.3. The number of fused-ring (bicyclic) bond motifs is 1. The summed E-state index contributed by atoms with van der Waals surface area (Å²) in [5, 5.41) is 2.86. The van der Waals surface area contributed by atoms with Gasteiger partial charge in [0.05, 0.1) is 17.5 Å². The molecule has 2 aromatic rings. The van der Waals surface area contributed by atoms with Gasteiger partial charge in [0.15, 0.2) is 0 Å². The number of nitrogens with zero attached hydrogens (tertiary/aromatic N) is 3. The van der Waals surface area contributed by atoms with Gasteiger partial charge in [0.25, 0.3) is 0 Å². The van der Waals surface area contributed by atoms with E-state index in [4.69, 9.17) is 0 Å². The number of nitrogens with one attached hydrogen (secondary N) is 1. The van der Waals surface area contributed by atoms with Gasteiger partial charge >= 0.3 is 0 Å². The molecule has 4 rings (SSSR count). The highest BCUT2D eigenvalue weighted by molar-refractivity contribution is 7.89. The third-order valence-electron chi connectivity index (χ3n) is 6.88. The summed E-state index contributed by atoms with van der Waals surface area (Å²) in [6, 6.07) is 13.9. The molecule has 0 radical (unpaired) electrons.